The third kappa shape index (κ3) is 4.64. The zero-order valence-electron chi connectivity index (χ0n) is 16.9. The fraction of sp³-hybridized carbons (Fsp3) is 0.368. The first kappa shape index (κ1) is 21.1. The third-order valence-corrected chi connectivity index (χ3v) is 5.94. The summed E-state index contributed by atoms with van der Waals surface area (Å²) in [6, 6.07) is 3.64. The molecule has 1 aliphatic rings. The Balaban J connectivity index is 1.63. The molecule has 0 amide bonds. The van der Waals surface area contributed by atoms with Gasteiger partial charge in [0.15, 0.2) is 5.82 Å². The van der Waals surface area contributed by atoms with E-state index >= 15 is 0 Å². The molecule has 1 N–H and O–H groups in total. The van der Waals surface area contributed by atoms with Gasteiger partial charge in [-0.1, -0.05) is 0 Å². The molecule has 3 aromatic rings. The molecule has 12 heteroatoms. The third-order valence-electron chi connectivity index (χ3n) is 4.71. The smallest absolute Gasteiger partial charge is 0.239 e. The van der Waals surface area contributed by atoms with Crippen molar-refractivity contribution in [3.8, 4) is 17.1 Å². The average molecular weight is 448 g/mol. The van der Waals surface area contributed by atoms with Gasteiger partial charge in [-0.15, -0.1) is 10.2 Å². The van der Waals surface area contributed by atoms with Gasteiger partial charge in [-0.2, -0.15) is 0 Å². The lowest BCUT2D eigenvalue weighted by molar-refractivity contribution is 0.126. The minimum Gasteiger partial charge on any atom is -0.491 e. The van der Waals surface area contributed by atoms with Gasteiger partial charge in [-0.05, 0) is 30.7 Å². The van der Waals surface area contributed by atoms with Crippen molar-refractivity contribution in [2.45, 2.75) is 19.4 Å². The highest BCUT2D eigenvalue weighted by Crippen LogP contribution is 2.36. The maximum Gasteiger partial charge on any atom is 0.239 e. The SMILES string of the molecule is COC[C@H]1COc2ccc(F)cc2-c2nnc(NS(=O)(=O)CCc3ncc(C)cn3)n21. The van der Waals surface area contributed by atoms with Crippen LogP contribution >= 0.6 is 0 Å². The van der Waals surface area contributed by atoms with Gasteiger partial charge in [0.05, 0.1) is 24.0 Å². The predicted octanol–water partition coefficient (Wildman–Crippen LogP) is 1.75. The van der Waals surface area contributed by atoms with Crippen LogP contribution in [-0.2, 0) is 21.2 Å². The molecule has 1 atom stereocenters. The molecule has 164 valence electrons. The number of fused-ring (bicyclic) bond motifs is 3. The molecule has 0 saturated heterocycles. The number of halogens is 1. The Bertz CT molecular complexity index is 1180. The van der Waals surface area contributed by atoms with Crippen molar-refractivity contribution in [1.82, 2.24) is 24.7 Å². The van der Waals surface area contributed by atoms with E-state index < -0.39 is 21.9 Å². The summed E-state index contributed by atoms with van der Waals surface area (Å²) in [5, 5.41) is 8.11. The van der Waals surface area contributed by atoms with E-state index in [9.17, 15) is 12.8 Å². The number of aryl methyl sites for hydroxylation is 2. The van der Waals surface area contributed by atoms with Crippen molar-refractivity contribution in [2.24, 2.45) is 0 Å². The zero-order chi connectivity index (χ0) is 22.0. The minimum atomic E-state index is -3.79. The molecule has 1 aliphatic heterocycles. The second-order valence-electron chi connectivity index (χ2n) is 7.13. The maximum atomic E-state index is 13.9. The predicted molar refractivity (Wildman–Crippen MR) is 110 cm³/mol. The number of hydrogen-bond acceptors (Lipinski definition) is 8. The quantitative estimate of drug-likeness (QED) is 0.580. The van der Waals surface area contributed by atoms with E-state index in [1.807, 2.05) is 6.92 Å². The van der Waals surface area contributed by atoms with Crippen molar-refractivity contribution >= 4 is 16.0 Å². The fourth-order valence-corrected chi connectivity index (χ4v) is 4.20. The molecule has 0 unspecified atom stereocenters. The van der Waals surface area contributed by atoms with E-state index in [1.54, 1.807) is 17.0 Å². The van der Waals surface area contributed by atoms with Crippen molar-refractivity contribution < 1.29 is 22.3 Å². The Morgan fingerprint density at radius 3 is 2.81 bits per heavy atom. The molecule has 1 aromatic carbocycles. The van der Waals surface area contributed by atoms with Crippen LogP contribution in [0.15, 0.2) is 30.6 Å². The average Bonchev–Trinajstić information content (AvgIpc) is 3.07. The topological polar surface area (TPSA) is 121 Å². The highest BCUT2D eigenvalue weighted by Gasteiger charge is 2.29. The Kier molecular flexibility index (Phi) is 5.83. The molecule has 4 rings (SSSR count). The van der Waals surface area contributed by atoms with Crippen LogP contribution in [0, 0.1) is 12.7 Å². The molecule has 10 nitrogen and oxygen atoms in total. The van der Waals surface area contributed by atoms with Crippen LogP contribution < -0.4 is 9.46 Å². The molecular formula is C19H21FN6O4S. The largest absolute Gasteiger partial charge is 0.491 e. The van der Waals surface area contributed by atoms with Crippen LogP contribution in [0.2, 0.25) is 0 Å². The van der Waals surface area contributed by atoms with Gasteiger partial charge in [0, 0.05) is 25.9 Å². The first-order valence-corrected chi connectivity index (χ1v) is 11.2. The Morgan fingerprint density at radius 2 is 2.06 bits per heavy atom. The van der Waals surface area contributed by atoms with Crippen LogP contribution in [0.4, 0.5) is 10.3 Å². The lowest BCUT2D eigenvalue weighted by Gasteiger charge is -2.19. The van der Waals surface area contributed by atoms with Crippen LogP contribution in [0.1, 0.15) is 17.4 Å². The van der Waals surface area contributed by atoms with Crippen LogP contribution in [0.5, 0.6) is 5.75 Å². The van der Waals surface area contributed by atoms with Crippen LogP contribution in [0.25, 0.3) is 11.4 Å². The maximum absolute atomic E-state index is 13.9. The van der Waals surface area contributed by atoms with Crippen LogP contribution in [0.3, 0.4) is 0 Å². The molecule has 0 radical (unpaired) electrons. The van der Waals surface area contributed by atoms with E-state index in [4.69, 9.17) is 9.47 Å². The highest BCUT2D eigenvalue weighted by molar-refractivity contribution is 7.92. The monoisotopic (exact) mass is 448 g/mol. The summed E-state index contributed by atoms with van der Waals surface area (Å²) >= 11 is 0. The number of hydrogen-bond donors (Lipinski definition) is 1. The molecule has 2 aromatic heterocycles. The molecule has 0 spiro atoms. The van der Waals surface area contributed by atoms with Gasteiger partial charge in [0.2, 0.25) is 16.0 Å². The Hall–Kier alpha value is -3.12. The Morgan fingerprint density at radius 1 is 1.29 bits per heavy atom. The van der Waals surface area contributed by atoms with Crippen LogP contribution in [-0.4, -0.2) is 59.2 Å². The standard InChI is InChI=1S/C19H21FN6O4S/c1-12-8-21-17(22-9-12)5-6-31(27,28)25-19-24-23-18-15-7-13(20)3-4-16(15)30-11-14(10-29-2)26(18)19/h3-4,7-9,14H,5-6,10-11H2,1-2H3,(H,24,25)/t14-/m0/s1. The summed E-state index contributed by atoms with van der Waals surface area (Å²) in [5.41, 5.74) is 1.27. The number of sulfonamides is 1. The number of benzene rings is 1. The number of aromatic nitrogens is 5. The second kappa shape index (κ2) is 8.55. The summed E-state index contributed by atoms with van der Waals surface area (Å²) in [7, 11) is -2.27. The summed E-state index contributed by atoms with van der Waals surface area (Å²) in [5.74, 6) is 0.429. The van der Waals surface area contributed by atoms with E-state index in [1.165, 1.54) is 25.3 Å². The minimum absolute atomic E-state index is 0.00239. The molecule has 0 saturated carbocycles. The lowest BCUT2D eigenvalue weighted by atomic mass is 10.2. The van der Waals surface area contributed by atoms with Crippen molar-refractivity contribution in [2.75, 3.05) is 30.8 Å². The van der Waals surface area contributed by atoms with Gasteiger partial charge in [0.25, 0.3) is 0 Å². The lowest BCUT2D eigenvalue weighted by Crippen LogP contribution is -2.26. The molecule has 3 heterocycles. The first-order chi connectivity index (χ1) is 14.9. The number of rotatable bonds is 7. The van der Waals surface area contributed by atoms with Crippen molar-refractivity contribution in [3.63, 3.8) is 0 Å². The van der Waals surface area contributed by atoms with Crippen molar-refractivity contribution in [3.05, 3.63) is 47.8 Å². The van der Waals surface area contributed by atoms with Gasteiger partial charge >= 0.3 is 0 Å². The highest BCUT2D eigenvalue weighted by atomic mass is 32.2. The summed E-state index contributed by atoms with van der Waals surface area (Å²) in [6.45, 7) is 2.24. The van der Waals surface area contributed by atoms with E-state index in [0.29, 0.717) is 17.1 Å². The van der Waals surface area contributed by atoms with Crippen molar-refractivity contribution in [1.29, 1.82) is 0 Å². The zero-order valence-corrected chi connectivity index (χ0v) is 17.8. The van der Waals surface area contributed by atoms with Gasteiger partial charge in [-0.25, -0.2) is 22.8 Å². The summed E-state index contributed by atoms with van der Waals surface area (Å²) < 4.78 is 54.4. The van der Waals surface area contributed by atoms with E-state index in [-0.39, 0.29) is 37.2 Å². The molecule has 0 aliphatic carbocycles. The number of anilines is 1. The van der Waals surface area contributed by atoms with Gasteiger partial charge in [0.1, 0.15) is 24.0 Å². The van der Waals surface area contributed by atoms with E-state index in [0.717, 1.165) is 5.56 Å². The second-order valence-corrected chi connectivity index (χ2v) is 8.97. The van der Waals surface area contributed by atoms with Gasteiger partial charge in [-0.3, -0.25) is 9.29 Å². The first-order valence-electron chi connectivity index (χ1n) is 9.51. The molecule has 0 bridgehead atoms. The number of methoxy groups -OCH3 is 1. The Labute approximate surface area is 178 Å². The normalized spacial score (nSPS) is 15.5. The fourth-order valence-electron chi connectivity index (χ4n) is 3.23. The van der Waals surface area contributed by atoms with Gasteiger partial charge < -0.3 is 9.47 Å². The molecule has 31 heavy (non-hydrogen) atoms. The number of nitrogens with zero attached hydrogens (tertiary/aromatic N) is 5. The molecule has 0 fully saturated rings. The summed E-state index contributed by atoms with van der Waals surface area (Å²) in [4.78, 5) is 8.25. The number of ether oxygens (including phenoxy) is 2. The summed E-state index contributed by atoms with van der Waals surface area (Å²) in [6.07, 6.45) is 3.40. The molecular weight excluding hydrogens is 427 g/mol. The number of nitrogens with one attached hydrogen (secondary N) is 1. The van der Waals surface area contributed by atoms with E-state index in [2.05, 4.69) is 24.9 Å².